The van der Waals surface area contributed by atoms with E-state index in [-0.39, 0.29) is 5.78 Å². The Morgan fingerprint density at radius 3 is 2.29 bits per heavy atom. The van der Waals surface area contributed by atoms with E-state index in [9.17, 15) is 4.79 Å². The fraction of sp³-hybridized carbons (Fsp3) is 0.208. The molecule has 4 heteroatoms. The molecule has 0 radical (unpaired) electrons. The van der Waals surface area contributed by atoms with Gasteiger partial charge in [-0.3, -0.25) is 4.79 Å². The maximum Gasteiger partial charge on any atom is 0.185 e. The number of carbonyl (C=O) groups is 1. The van der Waals surface area contributed by atoms with Gasteiger partial charge in [0, 0.05) is 5.56 Å². The predicted octanol–water partition coefficient (Wildman–Crippen LogP) is 5.89. The lowest BCUT2D eigenvalue weighted by Gasteiger charge is -2.05. The summed E-state index contributed by atoms with van der Waals surface area (Å²) in [5.41, 5.74) is 1.88. The average Bonchev–Trinajstić information content (AvgIpc) is 3.19. The summed E-state index contributed by atoms with van der Waals surface area (Å²) in [6.07, 6.45) is 3.20. The van der Waals surface area contributed by atoms with Gasteiger partial charge in [0.15, 0.2) is 5.78 Å². The van der Waals surface area contributed by atoms with Gasteiger partial charge in [-0.05, 0) is 60.0 Å². The molecule has 28 heavy (non-hydrogen) atoms. The topological polar surface area (TPSA) is 48.7 Å². The molecule has 0 atom stereocenters. The molecule has 0 fully saturated rings. The van der Waals surface area contributed by atoms with Crippen LogP contribution in [0.25, 0.3) is 6.08 Å². The number of carbonyl (C=O) groups excluding carboxylic acids is 1. The Hall–Kier alpha value is -3.27. The number of ketones is 1. The lowest BCUT2D eigenvalue weighted by atomic mass is 10.0. The van der Waals surface area contributed by atoms with E-state index < -0.39 is 0 Å². The first-order chi connectivity index (χ1) is 13.5. The summed E-state index contributed by atoms with van der Waals surface area (Å²) in [5.74, 6) is 3.20. The van der Waals surface area contributed by atoms with Crippen molar-refractivity contribution in [3.8, 4) is 11.5 Å². The zero-order chi connectivity index (χ0) is 19.9. The number of methoxy groups -OCH3 is 1. The number of benzene rings is 2. The van der Waals surface area contributed by atoms with Gasteiger partial charge in [0.05, 0.1) is 7.11 Å². The van der Waals surface area contributed by atoms with E-state index in [2.05, 4.69) is 13.8 Å². The molecule has 0 aliphatic heterocycles. The highest BCUT2D eigenvalue weighted by atomic mass is 16.5. The van der Waals surface area contributed by atoms with Crippen molar-refractivity contribution in [3.05, 3.63) is 89.4 Å². The Morgan fingerprint density at radius 2 is 1.64 bits per heavy atom. The van der Waals surface area contributed by atoms with Crippen molar-refractivity contribution in [1.82, 2.24) is 0 Å². The predicted molar refractivity (Wildman–Crippen MR) is 110 cm³/mol. The molecule has 1 heterocycles. The Bertz CT molecular complexity index is 931. The van der Waals surface area contributed by atoms with Crippen LogP contribution < -0.4 is 9.47 Å². The molecule has 0 bridgehead atoms. The quantitative estimate of drug-likeness (QED) is 0.363. The third-order valence-corrected chi connectivity index (χ3v) is 4.38. The molecule has 3 aromatic rings. The number of allylic oxidation sites excluding steroid dienone is 1. The summed E-state index contributed by atoms with van der Waals surface area (Å²) >= 11 is 0. The minimum atomic E-state index is -0.0530. The van der Waals surface area contributed by atoms with Crippen molar-refractivity contribution in [3.63, 3.8) is 0 Å². The van der Waals surface area contributed by atoms with Crippen molar-refractivity contribution >= 4 is 11.9 Å². The molecule has 3 rings (SSSR count). The van der Waals surface area contributed by atoms with Crippen molar-refractivity contribution in [2.45, 2.75) is 26.4 Å². The summed E-state index contributed by atoms with van der Waals surface area (Å²) < 4.78 is 16.5. The minimum absolute atomic E-state index is 0.0530. The maximum atomic E-state index is 12.3. The summed E-state index contributed by atoms with van der Waals surface area (Å²) in [5, 5.41) is 0. The monoisotopic (exact) mass is 376 g/mol. The van der Waals surface area contributed by atoms with E-state index in [0.29, 0.717) is 29.6 Å². The van der Waals surface area contributed by atoms with Crippen molar-refractivity contribution in [2.24, 2.45) is 0 Å². The van der Waals surface area contributed by atoms with Crippen LogP contribution in [0.3, 0.4) is 0 Å². The van der Waals surface area contributed by atoms with Crippen LogP contribution in [-0.4, -0.2) is 12.9 Å². The van der Waals surface area contributed by atoms with Crippen LogP contribution in [0.5, 0.6) is 11.5 Å². The van der Waals surface area contributed by atoms with E-state index in [1.165, 1.54) is 11.6 Å². The van der Waals surface area contributed by atoms with Crippen LogP contribution in [0.15, 0.2) is 71.2 Å². The molecule has 0 unspecified atom stereocenters. The molecule has 2 aromatic carbocycles. The van der Waals surface area contributed by atoms with Crippen molar-refractivity contribution in [2.75, 3.05) is 7.11 Å². The van der Waals surface area contributed by atoms with Crippen LogP contribution in [-0.2, 0) is 6.61 Å². The standard InChI is InChI=1S/C24H24O4/c1-17(2)18-4-6-19(7-5-18)24(25)15-14-22-12-13-23(28-22)16-27-21-10-8-20(26-3)9-11-21/h4-15,17H,16H2,1-3H3/b15-14+. The van der Waals surface area contributed by atoms with Gasteiger partial charge in [-0.25, -0.2) is 0 Å². The number of hydrogen-bond donors (Lipinski definition) is 0. The van der Waals surface area contributed by atoms with Gasteiger partial charge >= 0.3 is 0 Å². The Balaban J connectivity index is 1.56. The molecular weight excluding hydrogens is 352 g/mol. The van der Waals surface area contributed by atoms with Gasteiger partial charge in [0.2, 0.25) is 0 Å². The van der Waals surface area contributed by atoms with Gasteiger partial charge in [-0.2, -0.15) is 0 Å². The molecule has 0 amide bonds. The van der Waals surface area contributed by atoms with Crippen LogP contribution in [0.4, 0.5) is 0 Å². The van der Waals surface area contributed by atoms with Gasteiger partial charge < -0.3 is 13.9 Å². The van der Waals surface area contributed by atoms with Crippen molar-refractivity contribution in [1.29, 1.82) is 0 Å². The highest BCUT2D eigenvalue weighted by Crippen LogP contribution is 2.19. The first-order valence-corrected chi connectivity index (χ1v) is 9.23. The lowest BCUT2D eigenvalue weighted by Crippen LogP contribution is -1.95. The Kier molecular flexibility index (Phi) is 6.33. The summed E-state index contributed by atoms with van der Waals surface area (Å²) in [6.45, 7) is 4.57. The van der Waals surface area contributed by atoms with E-state index in [4.69, 9.17) is 13.9 Å². The lowest BCUT2D eigenvalue weighted by molar-refractivity contribution is 0.104. The zero-order valence-corrected chi connectivity index (χ0v) is 16.3. The van der Waals surface area contributed by atoms with Crippen molar-refractivity contribution < 1.29 is 18.7 Å². The largest absolute Gasteiger partial charge is 0.497 e. The molecule has 4 nitrogen and oxygen atoms in total. The van der Waals surface area contributed by atoms with Gasteiger partial charge in [-0.15, -0.1) is 0 Å². The summed E-state index contributed by atoms with van der Waals surface area (Å²) in [6, 6.07) is 18.7. The molecule has 0 N–H and O–H groups in total. The third kappa shape index (κ3) is 5.13. The summed E-state index contributed by atoms with van der Waals surface area (Å²) in [7, 11) is 1.62. The number of furan rings is 1. The first-order valence-electron chi connectivity index (χ1n) is 9.23. The van der Waals surface area contributed by atoms with E-state index in [1.54, 1.807) is 13.2 Å². The van der Waals surface area contributed by atoms with Crippen LogP contribution in [0, 0.1) is 0 Å². The minimum Gasteiger partial charge on any atom is -0.497 e. The van der Waals surface area contributed by atoms with Gasteiger partial charge in [-0.1, -0.05) is 38.1 Å². The molecule has 0 saturated heterocycles. The van der Waals surface area contributed by atoms with Crippen LogP contribution in [0.2, 0.25) is 0 Å². The smallest absolute Gasteiger partial charge is 0.185 e. The second-order valence-corrected chi connectivity index (χ2v) is 6.74. The fourth-order valence-electron chi connectivity index (χ4n) is 2.67. The molecular formula is C24H24O4. The Labute approximate surface area is 165 Å². The number of ether oxygens (including phenoxy) is 2. The van der Waals surface area contributed by atoms with Gasteiger partial charge in [0.1, 0.15) is 29.6 Å². The normalized spacial score (nSPS) is 11.1. The average molecular weight is 376 g/mol. The highest BCUT2D eigenvalue weighted by molar-refractivity contribution is 6.06. The molecule has 0 spiro atoms. The second kappa shape index (κ2) is 9.09. The highest BCUT2D eigenvalue weighted by Gasteiger charge is 2.05. The molecule has 1 aromatic heterocycles. The molecule has 0 saturated carbocycles. The van der Waals surface area contributed by atoms with Crippen LogP contribution >= 0.6 is 0 Å². The summed E-state index contributed by atoms with van der Waals surface area (Å²) in [4.78, 5) is 12.3. The Morgan fingerprint density at radius 1 is 0.964 bits per heavy atom. The molecule has 144 valence electrons. The number of rotatable bonds is 8. The molecule has 0 aliphatic carbocycles. The SMILES string of the molecule is COc1ccc(OCc2ccc(/C=C/C(=O)c3ccc(C(C)C)cc3)o2)cc1. The molecule has 0 aliphatic rings. The van der Waals surface area contributed by atoms with E-state index in [0.717, 1.165) is 11.5 Å². The first kappa shape index (κ1) is 19.5. The van der Waals surface area contributed by atoms with Crippen LogP contribution in [0.1, 0.15) is 47.2 Å². The fourth-order valence-corrected chi connectivity index (χ4v) is 2.67. The zero-order valence-electron chi connectivity index (χ0n) is 16.3. The maximum absolute atomic E-state index is 12.3. The number of hydrogen-bond acceptors (Lipinski definition) is 4. The second-order valence-electron chi connectivity index (χ2n) is 6.74. The van der Waals surface area contributed by atoms with E-state index >= 15 is 0 Å². The third-order valence-electron chi connectivity index (χ3n) is 4.38. The van der Waals surface area contributed by atoms with E-state index in [1.807, 2.05) is 60.7 Å². The van der Waals surface area contributed by atoms with Gasteiger partial charge in [0.25, 0.3) is 0 Å².